The zero-order chi connectivity index (χ0) is 93.4. The van der Waals surface area contributed by atoms with Gasteiger partial charge in [-0.25, -0.2) is 0 Å². The van der Waals surface area contributed by atoms with Crippen LogP contribution >= 0.6 is 0 Å². The van der Waals surface area contributed by atoms with Crippen LogP contribution in [0.5, 0.6) is 46.0 Å². The van der Waals surface area contributed by atoms with Crippen molar-refractivity contribution in [2.24, 2.45) is 0 Å². The number of hydrogen-bond donors (Lipinski definition) is 0. The summed E-state index contributed by atoms with van der Waals surface area (Å²) in [5.41, 5.74) is 34.7. The molecule has 0 saturated carbocycles. The highest BCUT2D eigenvalue weighted by Crippen LogP contribution is 2.52. The maximum Gasteiger partial charge on any atom is 0.260 e. The van der Waals surface area contributed by atoms with Gasteiger partial charge in [0.1, 0.15) is 46.0 Å². The third-order valence-corrected chi connectivity index (χ3v) is 28.6. The van der Waals surface area contributed by atoms with E-state index in [0.29, 0.717) is 0 Å². The summed E-state index contributed by atoms with van der Waals surface area (Å²) in [6.07, 6.45) is 0. The van der Waals surface area contributed by atoms with Gasteiger partial charge in [-0.15, -0.1) is 0 Å². The van der Waals surface area contributed by atoms with Gasteiger partial charge in [0.2, 0.25) is 0 Å². The van der Waals surface area contributed by atoms with Crippen molar-refractivity contribution in [3.05, 3.63) is 373 Å². The Bertz CT molecular complexity index is 7510. The topological polar surface area (TPSA) is 36.9 Å². The van der Waals surface area contributed by atoms with Crippen molar-refractivity contribution in [3.8, 4) is 135 Å². The highest BCUT2D eigenvalue weighted by molar-refractivity contribution is 6.99. The molecular weight excluding hydrogens is 1620 g/mol. The fourth-order valence-corrected chi connectivity index (χ4v) is 21.0. The molecule has 0 fully saturated rings. The first kappa shape index (κ1) is 87.0. The fourth-order valence-electron chi connectivity index (χ4n) is 21.0. The highest BCUT2D eigenvalue weighted by Gasteiger charge is 2.45. The first-order valence-electron chi connectivity index (χ1n) is 48.0. The lowest BCUT2D eigenvalue weighted by Gasteiger charge is -2.35. The summed E-state index contributed by atoms with van der Waals surface area (Å²) < 4.78 is 28.3. The van der Waals surface area contributed by atoms with E-state index in [1.54, 1.807) is 0 Å². The maximum atomic E-state index is 7.09. The first-order valence-corrected chi connectivity index (χ1v) is 48.0. The second kappa shape index (κ2) is 32.0. The molecule has 18 aromatic carbocycles. The van der Waals surface area contributed by atoms with Gasteiger partial charge in [-0.05, 0) is 316 Å². The Labute approximate surface area is 793 Å². The van der Waals surface area contributed by atoms with Gasteiger partial charge >= 0.3 is 0 Å². The highest BCUT2D eigenvalue weighted by atomic mass is 16.5. The molecule has 4 aliphatic rings. The standard InChI is InChI=1S/C66H63BO2.C62H55BO2/c1-63(2,3)46-26-28-56-54(38-46)67-55-39-47(64(4,5)6)27-29-57(55)69-59-36-44(35-58(68-56)62(59)67)42-30-41(43-33-48(65(7,8)9)37-49(34-43)66(10,11)12)31-45(32-42)61-52-24-18-16-22-50(52)60(40-20-14-13-15-21-40)51-23-17-19-25-53(51)61;1-60(2,3)44-21-17-20-39(33-44)40-30-41(32-43(31-40)58-49-24-15-13-22-47(49)57(38-18-11-10-12-19-38)48-23-14-16-25-50(48)58)42-34-55-59-56(35-42)65-54-29-27-46(62(7,8)9)37-52(54)63(59)51-36-45(61(4,5)6)26-28-53(51)64-55/h13-39H,1-12H3;10-37H,1-9H3. The van der Waals surface area contributed by atoms with E-state index < -0.39 is 0 Å². The first-order chi connectivity index (χ1) is 63.8. The van der Waals surface area contributed by atoms with Crippen molar-refractivity contribution in [3.63, 3.8) is 0 Å². The molecule has 0 N–H and O–H groups in total. The van der Waals surface area contributed by atoms with Gasteiger partial charge in [0.25, 0.3) is 13.4 Å². The van der Waals surface area contributed by atoms with E-state index in [0.717, 1.165) is 90.3 Å². The summed E-state index contributed by atoms with van der Waals surface area (Å²) in [5.74, 6) is 6.97. The van der Waals surface area contributed by atoms with Crippen LogP contribution in [0.15, 0.2) is 334 Å². The molecule has 4 heterocycles. The van der Waals surface area contributed by atoms with Crippen molar-refractivity contribution in [2.45, 2.75) is 183 Å². The molecule has 4 aliphatic heterocycles. The number of ether oxygens (including phenoxy) is 4. The Hall–Kier alpha value is -13.7. The summed E-state index contributed by atoms with van der Waals surface area (Å²) in [6.45, 7) is 48.1. The van der Waals surface area contributed by atoms with E-state index in [1.165, 1.54) is 160 Å². The Morgan fingerprint density at radius 1 is 0.149 bits per heavy atom. The number of rotatable bonds is 8. The molecule has 0 unspecified atom stereocenters. The number of fused-ring (bicyclic) bond motifs is 12. The zero-order valence-corrected chi connectivity index (χ0v) is 81.5. The summed E-state index contributed by atoms with van der Waals surface area (Å²) in [6, 6.07) is 125. The van der Waals surface area contributed by atoms with E-state index in [2.05, 4.69) is 479 Å². The van der Waals surface area contributed by atoms with Crippen molar-refractivity contribution >= 4 is 89.3 Å². The van der Waals surface area contributed by atoms with Gasteiger partial charge in [0.05, 0.1) is 0 Å². The molecule has 6 heteroatoms. The lowest BCUT2D eigenvalue weighted by molar-refractivity contribution is 0.463. The quantitative estimate of drug-likeness (QED) is 0.112. The minimum Gasteiger partial charge on any atom is -0.458 e. The summed E-state index contributed by atoms with van der Waals surface area (Å²) in [7, 11) is 0. The zero-order valence-electron chi connectivity index (χ0n) is 81.5. The van der Waals surface area contributed by atoms with Gasteiger partial charge in [0.15, 0.2) is 0 Å². The molecule has 134 heavy (non-hydrogen) atoms. The lowest BCUT2D eigenvalue weighted by Crippen LogP contribution is -2.57. The predicted molar refractivity (Wildman–Crippen MR) is 573 cm³/mol. The van der Waals surface area contributed by atoms with Crippen LogP contribution in [0.25, 0.3) is 132 Å². The van der Waals surface area contributed by atoms with Crippen LogP contribution in [-0.4, -0.2) is 13.4 Å². The minimum absolute atomic E-state index is 0.00360. The molecule has 18 aromatic rings. The van der Waals surface area contributed by atoms with Crippen molar-refractivity contribution in [1.29, 1.82) is 0 Å². The Morgan fingerprint density at radius 2 is 0.358 bits per heavy atom. The molecule has 0 atom stereocenters. The monoisotopic (exact) mass is 1740 g/mol. The predicted octanol–water partition coefficient (Wildman–Crippen LogP) is 31.9. The second-order valence-corrected chi connectivity index (χ2v) is 45.2. The second-order valence-electron chi connectivity index (χ2n) is 45.2. The van der Waals surface area contributed by atoms with Gasteiger partial charge in [-0.3, -0.25) is 0 Å². The van der Waals surface area contributed by atoms with Gasteiger partial charge in [-0.1, -0.05) is 394 Å². The molecule has 0 bridgehead atoms. The van der Waals surface area contributed by atoms with Crippen LogP contribution in [0, 0.1) is 0 Å². The Morgan fingerprint density at radius 3 is 0.627 bits per heavy atom. The molecule has 0 aliphatic carbocycles. The van der Waals surface area contributed by atoms with Crippen LogP contribution in [0.2, 0.25) is 0 Å². The van der Waals surface area contributed by atoms with Gasteiger partial charge in [-0.2, -0.15) is 0 Å². The normalized spacial score (nSPS) is 13.3. The van der Waals surface area contributed by atoms with E-state index in [9.17, 15) is 0 Å². The molecule has 0 saturated heterocycles. The van der Waals surface area contributed by atoms with Crippen LogP contribution in [0.4, 0.5) is 0 Å². The summed E-state index contributed by atoms with van der Waals surface area (Å²) in [5, 5.41) is 9.86. The van der Waals surface area contributed by atoms with Crippen molar-refractivity contribution in [1.82, 2.24) is 0 Å². The third-order valence-electron chi connectivity index (χ3n) is 28.6. The molecule has 0 amide bonds. The molecule has 0 radical (unpaired) electrons. The largest absolute Gasteiger partial charge is 0.458 e. The number of hydrogen-bond acceptors (Lipinski definition) is 4. The molecular formula is C128H118B2O4. The van der Waals surface area contributed by atoms with Crippen LogP contribution in [0.1, 0.15) is 184 Å². The Kier molecular flexibility index (Phi) is 20.8. The van der Waals surface area contributed by atoms with E-state index in [-0.39, 0.29) is 51.3 Å². The third kappa shape index (κ3) is 15.7. The molecule has 660 valence electrons. The summed E-state index contributed by atoms with van der Waals surface area (Å²) >= 11 is 0. The van der Waals surface area contributed by atoms with Gasteiger partial charge in [0, 0.05) is 10.9 Å². The maximum absolute atomic E-state index is 7.09. The van der Waals surface area contributed by atoms with Crippen LogP contribution < -0.4 is 51.7 Å². The number of benzene rings is 18. The SMILES string of the molecule is CC(C)(C)c1cc(-c2cc(-c3cc4c5c(c3)Oc3ccc(C(C)(C)C)cc3B5c3cc(C(C)(C)C)ccc3O4)cc(-c3c4ccccc4c(-c4ccccc4)c4ccccc34)c2)cc(C(C)(C)C)c1.CC(C)(C)c1cccc(-c2cc(-c3cc4c5c(c3)Oc3ccc(C(C)(C)C)cc3B5c3cc(C(C)(C)C)ccc3O4)cc(-c3c4ccccc4c(-c4ccccc4)c4ccccc34)c2)c1. The van der Waals surface area contributed by atoms with E-state index >= 15 is 0 Å². The lowest BCUT2D eigenvalue weighted by atomic mass is 9.34. The van der Waals surface area contributed by atoms with E-state index in [1.807, 2.05) is 0 Å². The van der Waals surface area contributed by atoms with Gasteiger partial charge < -0.3 is 18.9 Å². The molecule has 22 rings (SSSR count). The average molecular weight is 1740 g/mol. The van der Waals surface area contributed by atoms with Crippen molar-refractivity contribution in [2.75, 3.05) is 0 Å². The van der Waals surface area contributed by atoms with Crippen molar-refractivity contribution < 1.29 is 18.9 Å². The fraction of sp³-hybridized carbons (Fsp3) is 0.219. The average Bonchev–Trinajstić information content (AvgIpc) is 0.711. The Balaban J connectivity index is 0.000000161. The van der Waals surface area contributed by atoms with Crippen LogP contribution in [0.3, 0.4) is 0 Å². The molecule has 4 nitrogen and oxygen atoms in total. The van der Waals surface area contributed by atoms with E-state index in [4.69, 9.17) is 18.9 Å². The smallest absolute Gasteiger partial charge is 0.260 e. The minimum atomic E-state index is -0.0453. The summed E-state index contributed by atoms with van der Waals surface area (Å²) in [4.78, 5) is 0. The van der Waals surface area contributed by atoms with Crippen LogP contribution in [-0.2, 0) is 37.9 Å². The molecule has 0 aromatic heterocycles. The molecule has 0 spiro atoms.